The monoisotopic (exact) mass is 437 g/mol. The summed E-state index contributed by atoms with van der Waals surface area (Å²) in [5.74, 6) is 3.42. The Hall–Kier alpha value is -1.63. The van der Waals surface area contributed by atoms with Crippen LogP contribution in [0.15, 0.2) is 11.6 Å². The summed E-state index contributed by atoms with van der Waals surface area (Å²) in [6, 6.07) is 2.54. The van der Waals surface area contributed by atoms with Crippen LogP contribution < -0.4 is 0 Å². The minimum absolute atomic E-state index is 0.0286. The van der Waals surface area contributed by atoms with Gasteiger partial charge < -0.3 is 4.74 Å². The van der Waals surface area contributed by atoms with Gasteiger partial charge in [0.15, 0.2) is 0 Å². The van der Waals surface area contributed by atoms with Crippen molar-refractivity contribution >= 4 is 11.8 Å². The third-order valence-electron chi connectivity index (χ3n) is 10.5. The van der Waals surface area contributed by atoms with Gasteiger partial charge in [-0.2, -0.15) is 5.26 Å². The van der Waals surface area contributed by atoms with Gasteiger partial charge in [-0.15, -0.1) is 0 Å². The summed E-state index contributed by atoms with van der Waals surface area (Å²) in [6.45, 7) is 5.76. The van der Waals surface area contributed by atoms with E-state index in [-0.39, 0.29) is 28.8 Å². The van der Waals surface area contributed by atoms with Crippen LogP contribution in [-0.4, -0.2) is 17.9 Å². The zero-order chi connectivity index (χ0) is 22.7. The second kappa shape index (κ2) is 8.00. The van der Waals surface area contributed by atoms with E-state index in [4.69, 9.17) is 4.74 Å². The zero-order valence-electron chi connectivity index (χ0n) is 20.1. The van der Waals surface area contributed by atoms with E-state index in [0.717, 1.165) is 50.9 Å². The van der Waals surface area contributed by atoms with E-state index in [1.165, 1.54) is 31.8 Å². The van der Waals surface area contributed by atoms with Gasteiger partial charge in [-0.3, -0.25) is 9.59 Å². The summed E-state index contributed by atoms with van der Waals surface area (Å²) in [6.07, 6.45) is 14.2. The molecule has 0 heterocycles. The van der Waals surface area contributed by atoms with Crippen molar-refractivity contribution in [1.29, 1.82) is 5.26 Å². The van der Waals surface area contributed by atoms with Crippen molar-refractivity contribution in [2.24, 2.45) is 46.3 Å². The minimum Gasteiger partial charge on any atom is -0.462 e. The maximum atomic E-state index is 12.8. The second-order valence-electron chi connectivity index (χ2n) is 12.1. The first-order chi connectivity index (χ1) is 15.3. The first-order valence-electron chi connectivity index (χ1n) is 13.0. The molecule has 5 rings (SSSR count). The normalized spacial score (nSPS) is 45.0. The van der Waals surface area contributed by atoms with Crippen molar-refractivity contribution < 1.29 is 14.3 Å². The fourth-order valence-electron chi connectivity index (χ4n) is 9.12. The van der Waals surface area contributed by atoms with Gasteiger partial charge in [0, 0.05) is 25.7 Å². The predicted octanol–water partition coefficient (Wildman–Crippen LogP) is 6.01. The first-order valence-corrected chi connectivity index (χ1v) is 13.0. The first kappa shape index (κ1) is 22.2. The Morgan fingerprint density at radius 1 is 1.19 bits per heavy atom. The van der Waals surface area contributed by atoms with Crippen molar-refractivity contribution in [3.63, 3.8) is 0 Å². The molecule has 0 bridgehead atoms. The van der Waals surface area contributed by atoms with Gasteiger partial charge in [-0.05, 0) is 92.3 Å². The number of Topliss-reactive ketones (excluding diaryl/α,β-unsaturated/α-hetero) is 1. The molecule has 5 aliphatic carbocycles. The van der Waals surface area contributed by atoms with E-state index in [9.17, 15) is 14.9 Å². The van der Waals surface area contributed by atoms with E-state index >= 15 is 0 Å². The van der Waals surface area contributed by atoms with E-state index in [1.807, 2.05) is 0 Å². The number of hydrogen-bond acceptors (Lipinski definition) is 4. The fraction of sp³-hybridized carbons (Fsp3) is 0.821. The summed E-state index contributed by atoms with van der Waals surface area (Å²) in [5, 5.41) is 9.86. The summed E-state index contributed by atoms with van der Waals surface area (Å²) < 4.78 is 5.59. The van der Waals surface area contributed by atoms with Gasteiger partial charge in [0.05, 0.1) is 6.07 Å². The minimum atomic E-state index is -0.170. The van der Waals surface area contributed by atoms with Crippen LogP contribution in [0.2, 0.25) is 0 Å². The smallest absolute Gasteiger partial charge is 0.302 e. The van der Waals surface area contributed by atoms with Gasteiger partial charge in [-0.25, -0.2) is 0 Å². The molecule has 4 heteroatoms. The highest BCUT2D eigenvalue weighted by Gasteiger charge is 2.64. The summed E-state index contributed by atoms with van der Waals surface area (Å²) in [7, 11) is 0. The maximum absolute atomic E-state index is 12.8. The lowest BCUT2D eigenvalue weighted by Gasteiger charge is -2.59. The molecule has 0 spiro atoms. The molecule has 0 aromatic rings. The van der Waals surface area contributed by atoms with E-state index in [1.54, 1.807) is 6.92 Å². The van der Waals surface area contributed by atoms with E-state index < -0.39 is 0 Å². The number of allylic oxidation sites excluding steroid dienone is 1. The number of nitriles is 1. The van der Waals surface area contributed by atoms with Gasteiger partial charge in [0.1, 0.15) is 11.9 Å². The molecule has 5 aliphatic rings. The van der Waals surface area contributed by atoms with E-state index in [0.29, 0.717) is 35.9 Å². The van der Waals surface area contributed by atoms with Gasteiger partial charge in [0.2, 0.25) is 0 Å². The number of carbonyl (C=O) groups excluding carboxylic acids is 2. The molecule has 174 valence electrons. The molecule has 4 fully saturated rings. The van der Waals surface area contributed by atoms with Crippen LogP contribution in [0, 0.1) is 57.7 Å². The largest absolute Gasteiger partial charge is 0.462 e. The van der Waals surface area contributed by atoms with Crippen molar-refractivity contribution in [3.8, 4) is 6.07 Å². The molecule has 0 amide bonds. The van der Waals surface area contributed by atoms with Crippen LogP contribution in [0.3, 0.4) is 0 Å². The van der Waals surface area contributed by atoms with Crippen LogP contribution in [0.25, 0.3) is 0 Å². The molecular formula is C28H39NO3. The molecule has 4 unspecified atom stereocenters. The average Bonchev–Trinajstić information content (AvgIpc) is 3.48. The van der Waals surface area contributed by atoms with Crippen molar-refractivity contribution in [1.82, 2.24) is 0 Å². The number of nitrogens with zero attached hydrogens (tertiary/aromatic N) is 1. The third-order valence-corrected chi connectivity index (χ3v) is 10.5. The zero-order valence-corrected chi connectivity index (χ0v) is 20.1. The molecule has 0 aromatic carbocycles. The van der Waals surface area contributed by atoms with Crippen LogP contribution in [0.1, 0.15) is 91.4 Å². The molecule has 32 heavy (non-hydrogen) atoms. The molecule has 0 aliphatic heterocycles. The Bertz CT molecular complexity index is 866. The average molecular weight is 438 g/mol. The number of carbonyl (C=O) groups is 2. The number of rotatable bonds is 5. The third kappa shape index (κ3) is 3.46. The van der Waals surface area contributed by atoms with Crippen LogP contribution in [-0.2, 0) is 14.3 Å². The summed E-state index contributed by atoms with van der Waals surface area (Å²) in [5.41, 5.74) is 1.58. The Morgan fingerprint density at radius 2 is 1.97 bits per heavy atom. The lowest BCUT2D eigenvalue weighted by atomic mass is 9.45. The topological polar surface area (TPSA) is 67.2 Å². The molecule has 0 N–H and O–H groups in total. The molecule has 4 saturated carbocycles. The van der Waals surface area contributed by atoms with Gasteiger partial charge in [0.25, 0.3) is 0 Å². The molecule has 0 radical (unpaired) electrons. The van der Waals surface area contributed by atoms with E-state index in [2.05, 4.69) is 19.1 Å². The van der Waals surface area contributed by atoms with Crippen LogP contribution in [0.5, 0.6) is 0 Å². The SMILES string of the molecule is CC(=O)O[C@H]1CC[C@@]2(C)C(=CCC3C4C(CC5CC5)C[C@H](C(C)=O)[C@@]4(CC#N)CCC32)C1. The number of ether oxygens (including phenoxy) is 1. The Kier molecular flexibility index (Phi) is 5.54. The van der Waals surface area contributed by atoms with Gasteiger partial charge in [-0.1, -0.05) is 31.4 Å². The predicted molar refractivity (Wildman–Crippen MR) is 122 cm³/mol. The number of esters is 1. The van der Waals surface area contributed by atoms with Crippen LogP contribution >= 0.6 is 0 Å². The Balaban J connectivity index is 1.48. The van der Waals surface area contributed by atoms with Crippen molar-refractivity contribution in [3.05, 3.63) is 11.6 Å². The maximum Gasteiger partial charge on any atom is 0.302 e. The molecular weight excluding hydrogens is 398 g/mol. The molecule has 4 nitrogen and oxygen atoms in total. The number of hydrogen-bond donors (Lipinski definition) is 0. The molecule has 8 atom stereocenters. The highest BCUT2D eigenvalue weighted by molar-refractivity contribution is 5.80. The Labute approximate surface area is 193 Å². The standard InChI is InChI=1S/C28H39NO3/c1-17(30)25-15-20(14-19-4-5-19)26-23-7-6-21-16-22(32-18(2)31)8-10-27(21,3)24(23)9-11-28(25,26)12-13-29/h6,19-20,22-26H,4-5,7-12,14-16H2,1-3H3/t20?,22-,23?,24?,25+,26?,27-,28-/m0/s1. The second-order valence-corrected chi connectivity index (χ2v) is 12.1. The van der Waals surface area contributed by atoms with Crippen molar-refractivity contribution in [2.75, 3.05) is 0 Å². The summed E-state index contributed by atoms with van der Waals surface area (Å²) >= 11 is 0. The number of ketones is 1. The highest BCUT2D eigenvalue weighted by Crippen LogP contribution is 2.70. The molecule has 0 saturated heterocycles. The number of fused-ring (bicyclic) bond motifs is 5. The van der Waals surface area contributed by atoms with Crippen LogP contribution in [0.4, 0.5) is 0 Å². The lowest BCUT2D eigenvalue weighted by molar-refractivity contribution is -0.149. The summed E-state index contributed by atoms with van der Waals surface area (Å²) in [4.78, 5) is 24.4. The Morgan fingerprint density at radius 3 is 2.62 bits per heavy atom. The highest BCUT2D eigenvalue weighted by atomic mass is 16.5. The lowest BCUT2D eigenvalue weighted by Crippen LogP contribution is -2.53. The van der Waals surface area contributed by atoms with Crippen molar-refractivity contribution in [2.45, 2.75) is 97.5 Å². The van der Waals surface area contributed by atoms with Gasteiger partial charge >= 0.3 is 5.97 Å². The fourth-order valence-corrected chi connectivity index (χ4v) is 9.12. The molecule has 0 aromatic heterocycles. The quantitative estimate of drug-likeness (QED) is 0.390.